The molecular weight excluding hydrogens is 484 g/mol. The van der Waals surface area contributed by atoms with Crippen LogP contribution in [0.1, 0.15) is 72.5 Å². The van der Waals surface area contributed by atoms with Crippen LogP contribution in [0.25, 0.3) is 11.1 Å². The molecule has 5 heteroatoms. The number of nitriles is 1. The first kappa shape index (κ1) is 28.1. The molecule has 0 spiro atoms. The number of esters is 1. The van der Waals surface area contributed by atoms with Crippen LogP contribution >= 0.6 is 0 Å². The number of nitrogens with zero attached hydrogens (tertiary/aromatic N) is 1. The molecule has 0 aliphatic heterocycles. The van der Waals surface area contributed by atoms with E-state index in [1.165, 1.54) is 31.9 Å². The van der Waals surface area contributed by atoms with Gasteiger partial charge >= 0.3 is 5.97 Å². The summed E-state index contributed by atoms with van der Waals surface area (Å²) >= 11 is 0. The summed E-state index contributed by atoms with van der Waals surface area (Å²) < 4.78 is 5.23. The molecule has 1 aliphatic carbocycles. The number of hydrogen-bond acceptors (Lipinski definition) is 4. The fourth-order valence-electron chi connectivity index (χ4n) is 5.71. The van der Waals surface area contributed by atoms with Crippen LogP contribution in [-0.4, -0.2) is 25.0 Å². The smallest absolute Gasteiger partial charge is 0.311 e. The minimum Gasteiger partial charge on any atom is -0.469 e. The number of rotatable bonds is 10. The van der Waals surface area contributed by atoms with Gasteiger partial charge in [0.2, 0.25) is 0 Å². The first-order chi connectivity index (χ1) is 19.0. The van der Waals surface area contributed by atoms with E-state index in [1.54, 1.807) is 6.07 Å². The van der Waals surface area contributed by atoms with Gasteiger partial charge in [-0.1, -0.05) is 87.6 Å². The molecule has 2 atom stereocenters. The molecule has 0 heterocycles. The van der Waals surface area contributed by atoms with E-state index in [-0.39, 0.29) is 17.9 Å². The van der Waals surface area contributed by atoms with Crippen LogP contribution in [0.3, 0.4) is 0 Å². The van der Waals surface area contributed by atoms with Gasteiger partial charge in [0.1, 0.15) is 0 Å². The Labute approximate surface area is 232 Å². The van der Waals surface area contributed by atoms with Gasteiger partial charge in [-0.15, -0.1) is 0 Å². The van der Waals surface area contributed by atoms with E-state index in [1.807, 2.05) is 42.5 Å². The highest BCUT2D eigenvalue weighted by Crippen LogP contribution is 2.31. The summed E-state index contributed by atoms with van der Waals surface area (Å²) in [5, 5.41) is 12.6. The Morgan fingerprint density at radius 2 is 1.67 bits per heavy atom. The van der Waals surface area contributed by atoms with Gasteiger partial charge in [0.05, 0.1) is 24.7 Å². The molecule has 1 fully saturated rings. The van der Waals surface area contributed by atoms with Gasteiger partial charge in [0.15, 0.2) is 0 Å². The monoisotopic (exact) mass is 522 g/mol. The summed E-state index contributed by atoms with van der Waals surface area (Å²) in [7, 11) is 1.40. The first-order valence-electron chi connectivity index (χ1n) is 14.1. The molecule has 0 saturated heterocycles. The number of carbonyl (C=O) groups excluding carboxylic acids is 2. The summed E-state index contributed by atoms with van der Waals surface area (Å²) in [5.74, 6) is -0.630. The maximum absolute atomic E-state index is 13.5. The van der Waals surface area contributed by atoms with Crippen LogP contribution in [0.4, 0.5) is 0 Å². The molecule has 202 valence electrons. The summed E-state index contributed by atoms with van der Waals surface area (Å²) in [6.07, 6.45) is 7.91. The number of aryl methyl sites for hydroxylation is 1. The molecule has 5 nitrogen and oxygen atoms in total. The van der Waals surface area contributed by atoms with E-state index >= 15 is 0 Å². The van der Waals surface area contributed by atoms with Crippen LogP contribution in [0.2, 0.25) is 0 Å². The zero-order chi connectivity index (χ0) is 27.6. The molecule has 0 bridgehead atoms. The van der Waals surface area contributed by atoms with Crippen LogP contribution < -0.4 is 5.32 Å². The number of hydrogen-bond donors (Lipinski definition) is 1. The van der Waals surface area contributed by atoms with E-state index in [2.05, 4.69) is 42.6 Å². The van der Waals surface area contributed by atoms with Crippen molar-refractivity contribution in [1.29, 1.82) is 5.26 Å². The van der Waals surface area contributed by atoms with E-state index in [0.29, 0.717) is 23.5 Å². The van der Waals surface area contributed by atoms with Crippen molar-refractivity contribution >= 4 is 11.9 Å². The highest BCUT2D eigenvalue weighted by atomic mass is 16.5. The number of carbonyl (C=O) groups is 2. The number of nitrogens with one attached hydrogen (secondary N) is 1. The summed E-state index contributed by atoms with van der Waals surface area (Å²) in [6.45, 7) is 2.14. The molecule has 1 amide bonds. The van der Waals surface area contributed by atoms with Crippen LogP contribution in [0.15, 0.2) is 72.8 Å². The fraction of sp³-hybridized carbons (Fsp3) is 0.382. The molecule has 3 aromatic carbocycles. The van der Waals surface area contributed by atoms with Crippen molar-refractivity contribution in [2.45, 2.75) is 64.3 Å². The van der Waals surface area contributed by atoms with Gasteiger partial charge in [0, 0.05) is 11.6 Å². The van der Waals surface area contributed by atoms with E-state index in [0.717, 1.165) is 42.4 Å². The average molecular weight is 523 g/mol. The SMILES string of the molecule is CCc1cccc(-c2ccc(C(=O)NC(CC3CCCCC3)C(Cc3cccc(C#N)c3)C(=O)OC)cc2)c1. The molecular formula is C34H38N2O3. The molecule has 39 heavy (non-hydrogen) atoms. The summed E-state index contributed by atoms with van der Waals surface area (Å²) in [5.41, 5.74) is 5.45. The lowest BCUT2D eigenvalue weighted by atomic mass is 9.80. The van der Waals surface area contributed by atoms with Crippen LogP contribution in [0.5, 0.6) is 0 Å². The predicted molar refractivity (Wildman–Crippen MR) is 154 cm³/mol. The van der Waals surface area contributed by atoms with Crippen molar-refractivity contribution in [3.8, 4) is 17.2 Å². The Hall–Kier alpha value is -3.91. The van der Waals surface area contributed by atoms with Gasteiger partial charge in [0.25, 0.3) is 5.91 Å². The van der Waals surface area contributed by atoms with Gasteiger partial charge in [-0.3, -0.25) is 9.59 Å². The van der Waals surface area contributed by atoms with E-state index in [9.17, 15) is 14.9 Å². The molecule has 1 aliphatic rings. The topological polar surface area (TPSA) is 79.2 Å². The van der Waals surface area contributed by atoms with Crippen molar-refractivity contribution < 1.29 is 14.3 Å². The highest BCUT2D eigenvalue weighted by Gasteiger charge is 2.33. The summed E-state index contributed by atoms with van der Waals surface area (Å²) in [6, 6.07) is 25.2. The Morgan fingerprint density at radius 1 is 0.949 bits per heavy atom. The van der Waals surface area contributed by atoms with Gasteiger partial charge in [-0.2, -0.15) is 5.26 Å². The molecule has 4 rings (SSSR count). The van der Waals surface area contributed by atoms with Gasteiger partial charge in [-0.25, -0.2) is 0 Å². The third-order valence-corrected chi connectivity index (χ3v) is 7.95. The second-order valence-electron chi connectivity index (χ2n) is 10.6. The number of ether oxygens (including phenoxy) is 1. The molecule has 0 radical (unpaired) electrons. The Bertz CT molecular complexity index is 1300. The largest absolute Gasteiger partial charge is 0.469 e. The maximum atomic E-state index is 13.5. The Balaban J connectivity index is 1.57. The lowest BCUT2D eigenvalue weighted by Crippen LogP contribution is -2.46. The van der Waals surface area contributed by atoms with Crippen molar-refractivity contribution in [2.75, 3.05) is 7.11 Å². The molecule has 1 saturated carbocycles. The van der Waals surface area contributed by atoms with E-state index < -0.39 is 5.92 Å². The minimum atomic E-state index is -0.550. The Kier molecular flexibility index (Phi) is 9.91. The lowest BCUT2D eigenvalue weighted by molar-refractivity contribution is -0.146. The van der Waals surface area contributed by atoms with Crippen LogP contribution in [0, 0.1) is 23.2 Å². The highest BCUT2D eigenvalue weighted by molar-refractivity contribution is 5.95. The number of amides is 1. The third kappa shape index (κ3) is 7.57. The molecule has 1 N–H and O–H groups in total. The summed E-state index contributed by atoms with van der Waals surface area (Å²) in [4.78, 5) is 26.6. The zero-order valence-electron chi connectivity index (χ0n) is 23.0. The first-order valence-corrected chi connectivity index (χ1v) is 14.1. The molecule has 2 unspecified atom stereocenters. The Morgan fingerprint density at radius 3 is 2.36 bits per heavy atom. The second kappa shape index (κ2) is 13.8. The molecule has 3 aromatic rings. The zero-order valence-corrected chi connectivity index (χ0v) is 23.0. The minimum absolute atomic E-state index is 0.190. The normalized spacial score (nSPS) is 15.1. The predicted octanol–water partition coefficient (Wildman–Crippen LogP) is 6.89. The maximum Gasteiger partial charge on any atom is 0.311 e. The van der Waals surface area contributed by atoms with E-state index in [4.69, 9.17) is 4.74 Å². The number of methoxy groups -OCH3 is 1. The van der Waals surface area contributed by atoms with Crippen molar-refractivity contribution in [2.24, 2.45) is 11.8 Å². The van der Waals surface area contributed by atoms with Crippen molar-refractivity contribution in [3.63, 3.8) is 0 Å². The molecule has 0 aromatic heterocycles. The van der Waals surface area contributed by atoms with Crippen molar-refractivity contribution in [1.82, 2.24) is 5.32 Å². The van der Waals surface area contributed by atoms with Gasteiger partial charge in [-0.05, 0) is 71.7 Å². The number of benzene rings is 3. The quantitative estimate of drug-likeness (QED) is 0.294. The lowest BCUT2D eigenvalue weighted by Gasteiger charge is -2.31. The van der Waals surface area contributed by atoms with Crippen molar-refractivity contribution in [3.05, 3.63) is 95.1 Å². The standard InChI is InChI=1S/C34H38N2O3/c1-3-24-11-8-14-30(20-24)28-15-17-29(18-16-28)33(37)36-32(22-25-9-5-4-6-10-25)31(34(38)39-2)21-26-12-7-13-27(19-26)23-35/h7-8,11-20,25,31-32H,3-6,9-10,21-22H2,1-2H3,(H,36,37). The second-order valence-corrected chi connectivity index (χ2v) is 10.6. The van der Waals surface area contributed by atoms with Gasteiger partial charge < -0.3 is 10.1 Å². The average Bonchev–Trinajstić information content (AvgIpc) is 3.00. The fourth-order valence-corrected chi connectivity index (χ4v) is 5.71. The van der Waals surface area contributed by atoms with Crippen LogP contribution in [-0.2, 0) is 22.4 Å². The third-order valence-electron chi connectivity index (χ3n) is 7.95.